The molecule has 160 valence electrons. The molecule has 0 unspecified atom stereocenters. The summed E-state index contributed by atoms with van der Waals surface area (Å²) in [5.41, 5.74) is 1.86. The molecule has 0 atom stereocenters. The van der Waals surface area contributed by atoms with Gasteiger partial charge in [-0.2, -0.15) is 0 Å². The number of methoxy groups -OCH3 is 1. The van der Waals surface area contributed by atoms with Crippen LogP contribution in [0.1, 0.15) is 42.1 Å². The minimum Gasteiger partial charge on any atom is -0.385 e. The summed E-state index contributed by atoms with van der Waals surface area (Å²) in [6, 6.07) is 7.60. The van der Waals surface area contributed by atoms with E-state index < -0.39 is 0 Å². The molecule has 7 nitrogen and oxygen atoms in total. The van der Waals surface area contributed by atoms with Crippen molar-refractivity contribution in [3.63, 3.8) is 0 Å². The number of nitrogens with one attached hydrogen (secondary N) is 1. The lowest BCUT2D eigenvalue weighted by Gasteiger charge is -2.34. The smallest absolute Gasteiger partial charge is 0.234 e. The van der Waals surface area contributed by atoms with Gasteiger partial charge in [0.1, 0.15) is 0 Å². The third-order valence-corrected chi connectivity index (χ3v) is 5.19. The number of Topliss-reactive ketones (excluding diaryl/α,β-unsaturated/α-hetero) is 1. The van der Waals surface area contributed by atoms with Crippen molar-refractivity contribution in [2.75, 3.05) is 53.0 Å². The number of hydrogen-bond acceptors (Lipinski definition) is 5. The summed E-state index contributed by atoms with van der Waals surface area (Å²) in [7, 11) is 1.64. The van der Waals surface area contributed by atoms with Gasteiger partial charge in [0.05, 0.1) is 6.54 Å². The first-order valence-corrected chi connectivity index (χ1v) is 10.4. The van der Waals surface area contributed by atoms with Crippen molar-refractivity contribution in [2.24, 2.45) is 0 Å². The van der Waals surface area contributed by atoms with Crippen LogP contribution in [0.2, 0.25) is 0 Å². The fourth-order valence-electron chi connectivity index (χ4n) is 3.31. The number of aryl methyl sites for hydroxylation is 1. The number of ketones is 1. The number of benzene rings is 1. The van der Waals surface area contributed by atoms with E-state index in [1.54, 1.807) is 12.0 Å². The first kappa shape index (κ1) is 23.0. The average Bonchev–Trinajstić information content (AvgIpc) is 2.75. The Kier molecular flexibility index (Phi) is 9.80. The molecule has 2 amide bonds. The van der Waals surface area contributed by atoms with E-state index in [0.717, 1.165) is 12.8 Å². The maximum absolute atomic E-state index is 12.4. The molecule has 1 aliphatic heterocycles. The molecule has 29 heavy (non-hydrogen) atoms. The Morgan fingerprint density at radius 2 is 1.72 bits per heavy atom. The number of piperazine rings is 1. The van der Waals surface area contributed by atoms with Crippen LogP contribution in [0.25, 0.3) is 0 Å². The highest BCUT2D eigenvalue weighted by Crippen LogP contribution is 2.11. The summed E-state index contributed by atoms with van der Waals surface area (Å²) >= 11 is 0. The van der Waals surface area contributed by atoms with E-state index in [0.29, 0.717) is 51.4 Å². The van der Waals surface area contributed by atoms with Crippen LogP contribution in [0.15, 0.2) is 24.3 Å². The maximum atomic E-state index is 12.4. The third kappa shape index (κ3) is 7.95. The van der Waals surface area contributed by atoms with Gasteiger partial charge in [0.25, 0.3) is 0 Å². The molecule has 0 radical (unpaired) electrons. The van der Waals surface area contributed by atoms with Crippen LogP contribution in [-0.2, 0) is 20.7 Å². The Bertz CT molecular complexity index is 667. The summed E-state index contributed by atoms with van der Waals surface area (Å²) in [4.78, 5) is 40.5. The van der Waals surface area contributed by atoms with Crippen LogP contribution in [-0.4, -0.2) is 80.4 Å². The third-order valence-electron chi connectivity index (χ3n) is 5.19. The van der Waals surface area contributed by atoms with Crippen molar-refractivity contribution in [2.45, 2.75) is 32.6 Å². The molecule has 1 saturated heterocycles. The number of ether oxygens (including phenoxy) is 1. The molecule has 0 bridgehead atoms. The Labute approximate surface area is 173 Å². The van der Waals surface area contributed by atoms with Crippen LogP contribution in [0.3, 0.4) is 0 Å². The molecule has 0 aliphatic carbocycles. The molecular formula is C22H33N3O4. The van der Waals surface area contributed by atoms with Gasteiger partial charge in [-0.1, -0.05) is 31.2 Å². The number of carbonyl (C=O) groups is 3. The summed E-state index contributed by atoms with van der Waals surface area (Å²) in [6.07, 6.45) is 2.20. The normalized spacial score (nSPS) is 14.6. The van der Waals surface area contributed by atoms with E-state index in [1.807, 2.05) is 24.3 Å². The van der Waals surface area contributed by atoms with Gasteiger partial charge < -0.3 is 15.0 Å². The van der Waals surface area contributed by atoms with Crippen LogP contribution < -0.4 is 5.32 Å². The van der Waals surface area contributed by atoms with Gasteiger partial charge in [0.15, 0.2) is 5.78 Å². The Morgan fingerprint density at radius 3 is 2.34 bits per heavy atom. The molecule has 1 N–H and O–H groups in total. The monoisotopic (exact) mass is 403 g/mol. The highest BCUT2D eigenvalue weighted by molar-refractivity contribution is 5.98. The van der Waals surface area contributed by atoms with Crippen LogP contribution in [0.5, 0.6) is 0 Å². The number of hydrogen-bond donors (Lipinski definition) is 1. The minimum atomic E-state index is 0.000526. The van der Waals surface area contributed by atoms with Crippen molar-refractivity contribution in [3.8, 4) is 0 Å². The second-order valence-corrected chi connectivity index (χ2v) is 7.33. The number of rotatable bonds is 11. The summed E-state index contributed by atoms with van der Waals surface area (Å²) in [6.45, 7) is 6.19. The van der Waals surface area contributed by atoms with Crippen molar-refractivity contribution in [1.82, 2.24) is 15.1 Å². The Hall–Kier alpha value is -2.25. The van der Waals surface area contributed by atoms with Gasteiger partial charge in [-0.05, 0) is 18.4 Å². The van der Waals surface area contributed by atoms with E-state index in [-0.39, 0.29) is 30.4 Å². The zero-order chi connectivity index (χ0) is 21.1. The first-order valence-electron chi connectivity index (χ1n) is 10.4. The largest absolute Gasteiger partial charge is 0.385 e. The van der Waals surface area contributed by atoms with E-state index >= 15 is 0 Å². The fraction of sp³-hybridized carbons (Fsp3) is 0.591. The van der Waals surface area contributed by atoms with Gasteiger partial charge in [-0.15, -0.1) is 0 Å². The number of carbonyl (C=O) groups excluding carboxylic acids is 3. The number of nitrogens with zero attached hydrogens (tertiary/aromatic N) is 2. The molecule has 1 aliphatic rings. The minimum absolute atomic E-state index is 0.000526. The molecular weight excluding hydrogens is 370 g/mol. The van der Waals surface area contributed by atoms with E-state index in [2.05, 4.69) is 17.1 Å². The number of amides is 2. The summed E-state index contributed by atoms with van der Waals surface area (Å²) < 4.78 is 4.96. The van der Waals surface area contributed by atoms with Crippen LogP contribution in [0.4, 0.5) is 0 Å². The molecule has 0 aromatic heterocycles. The predicted molar refractivity (Wildman–Crippen MR) is 112 cm³/mol. The maximum Gasteiger partial charge on any atom is 0.234 e. The van der Waals surface area contributed by atoms with Gasteiger partial charge in [0, 0.05) is 64.8 Å². The molecule has 7 heteroatoms. The lowest BCUT2D eigenvalue weighted by Crippen LogP contribution is -2.51. The molecule has 1 aromatic carbocycles. The van der Waals surface area contributed by atoms with Crippen LogP contribution >= 0.6 is 0 Å². The topological polar surface area (TPSA) is 79.0 Å². The molecule has 2 rings (SSSR count). The van der Waals surface area contributed by atoms with Gasteiger partial charge in [0.2, 0.25) is 11.8 Å². The molecule has 0 saturated carbocycles. The second kappa shape index (κ2) is 12.3. The van der Waals surface area contributed by atoms with Crippen LogP contribution in [0, 0.1) is 0 Å². The first-order chi connectivity index (χ1) is 14.0. The summed E-state index contributed by atoms with van der Waals surface area (Å²) in [5, 5.41) is 2.88. The van der Waals surface area contributed by atoms with Crippen molar-refractivity contribution in [1.29, 1.82) is 0 Å². The van der Waals surface area contributed by atoms with E-state index in [9.17, 15) is 14.4 Å². The fourth-order valence-corrected chi connectivity index (χ4v) is 3.31. The quantitative estimate of drug-likeness (QED) is 0.448. The standard InChI is InChI=1S/C22H33N3O4/c1-3-18-5-7-19(8-6-18)20(26)9-10-22(28)25-14-12-24(13-15-25)17-21(27)23-11-4-16-29-2/h5-8H,3-4,9-17H2,1-2H3,(H,23,27). The van der Waals surface area contributed by atoms with Crippen molar-refractivity contribution >= 4 is 17.6 Å². The van der Waals surface area contributed by atoms with E-state index in [4.69, 9.17) is 4.74 Å². The predicted octanol–water partition coefficient (Wildman–Crippen LogP) is 1.51. The molecule has 1 heterocycles. The van der Waals surface area contributed by atoms with Gasteiger partial charge in [-0.3, -0.25) is 19.3 Å². The molecule has 0 spiro atoms. The highest BCUT2D eigenvalue weighted by atomic mass is 16.5. The lowest BCUT2D eigenvalue weighted by atomic mass is 10.0. The highest BCUT2D eigenvalue weighted by Gasteiger charge is 2.22. The molecule has 1 fully saturated rings. The Morgan fingerprint density at radius 1 is 1.03 bits per heavy atom. The van der Waals surface area contributed by atoms with E-state index in [1.165, 1.54) is 5.56 Å². The zero-order valence-corrected chi connectivity index (χ0v) is 17.6. The van der Waals surface area contributed by atoms with Gasteiger partial charge in [-0.25, -0.2) is 0 Å². The van der Waals surface area contributed by atoms with Crippen molar-refractivity contribution < 1.29 is 19.1 Å². The SMILES string of the molecule is CCc1ccc(C(=O)CCC(=O)N2CCN(CC(=O)NCCCOC)CC2)cc1. The lowest BCUT2D eigenvalue weighted by molar-refractivity contribution is -0.133. The van der Waals surface area contributed by atoms with Crippen molar-refractivity contribution in [3.05, 3.63) is 35.4 Å². The van der Waals surface area contributed by atoms with Gasteiger partial charge >= 0.3 is 0 Å². The summed E-state index contributed by atoms with van der Waals surface area (Å²) in [5.74, 6) is 0.0116. The second-order valence-electron chi connectivity index (χ2n) is 7.33. The Balaban J connectivity index is 1.66. The zero-order valence-electron chi connectivity index (χ0n) is 17.6. The average molecular weight is 404 g/mol. The molecule has 1 aromatic rings.